The van der Waals surface area contributed by atoms with E-state index < -0.39 is 16.1 Å². The summed E-state index contributed by atoms with van der Waals surface area (Å²) in [6.07, 6.45) is 7.05. The SMILES string of the molecule is C[Si](C)(C)C1(CCCC2([Si](C)(C)c3ccccc3)SCCCS2)SCCCS1. The minimum absolute atomic E-state index is 0.456. The first-order valence-corrected chi connectivity index (χ1v) is 21.3. The standard InChI is InChI=1S/C22H38S4Si2/c1-27(2,3)21(23-16-10-17-24-21)14-9-15-22(25-18-11-19-26-22)28(4,5)20-12-7-6-8-13-20/h6-8,12-13H,9-11,14-19H2,1-5H3. The maximum atomic E-state index is 2.64. The van der Waals surface area contributed by atoms with Crippen LogP contribution in [-0.4, -0.2) is 46.6 Å². The summed E-state index contributed by atoms with van der Waals surface area (Å²) in [5.74, 6) is 5.49. The Morgan fingerprint density at radius 3 is 1.68 bits per heavy atom. The average Bonchev–Trinajstić information content (AvgIpc) is 2.69. The Morgan fingerprint density at radius 2 is 1.18 bits per heavy atom. The van der Waals surface area contributed by atoms with Crippen molar-refractivity contribution in [3.63, 3.8) is 0 Å². The van der Waals surface area contributed by atoms with Crippen LogP contribution >= 0.6 is 47.0 Å². The summed E-state index contributed by atoms with van der Waals surface area (Å²) < 4.78 is 1.01. The summed E-state index contributed by atoms with van der Waals surface area (Å²) in [6, 6.07) is 11.5. The van der Waals surface area contributed by atoms with E-state index in [9.17, 15) is 0 Å². The first-order valence-electron chi connectivity index (χ1n) is 10.8. The molecule has 0 spiro atoms. The molecule has 2 fully saturated rings. The highest BCUT2D eigenvalue weighted by molar-refractivity contribution is 8.22. The fourth-order valence-electron chi connectivity index (χ4n) is 4.55. The topological polar surface area (TPSA) is 0 Å². The molecule has 1 aromatic carbocycles. The average molecular weight is 487 g/mol. The van der Waals surface area contributed by atoms with E-state index in [1.807, 2.05) is 0 Å². The Kier molecular flexibility index (Phi) is 8.20. The van der Waals surface area contributed by atoms with Crippen molar-refractivity contribution in [1.82, 2.24) is 0 Å². The van der Waals surface area contributed by atoms with Gasteiger partial charge >= 0.3 is 0 Å². The van der Waals surface area contributed by atoms with Gasteiger partial charge in [0.2, 0.25) is 0 Å². The van der Waals surface area contributed by atoms with Gasteiger partial charge in [-0.3, -0.25) is 0 Å². The molecule has 28 heavy (non-hydrogen) atoms. The predicted molar refractivity (Wildman–Crippen MR) is 145 cm³/mol. The Morgan fingerprint density at radius 1 is 0.714 bits per heavy atom. The van der Waals surface area contributed by atoms with Gasteiger partial charge in [0, 0.05) is 0 Å². The van der Waals surface area contributed by atoms with Crippen molar-refractivity contribution in [2.75, 3.05) is 23.0 Å². The third-order valence-electron chi connectivity index (χ3n) is 6.52. The van der Waals surface area contributed by atoms with Gasteiger partial charge in [-0.25, -0.2) is 0 Å². The van der Waals surface area contributed by atoms with E-state index in [-0.39, 0.29) is 0 Å². The van der Waals surface area contributed by atoms with E-state index >= 15 is 0 Å². The van der Waals surface area contributed by atoms with Gasteiger partial charge < -0.3 is 0 Å². The summed E-state index contributed by atoms with van der Waals surface area (Å²) in [4.78, 5) is 0. The van der Waals surface area contributed by atoms with Gasteiger partial charge in [-0.1, -0.05) is 68.3 Å². The van der Waals surface area contributed by atoms with Gasteiger partial charge in [-0.15, -0.1) is 47.0 Å². The molecule has 2 saturated heterocycles. The third kappa shape index (κ3) is 4.93. The lowest BCUT2D eigenvalue weighted by Gasteiger charge is -2.49. The van der Waals surface area contributed by atoms with Gasteiger partial charge in [0.15, 0.2) is 0 Å². The van der Waals surface area contributed by atoms with E-state index in [0.29, 0.717) is 7.40 Å². The maximum Gasteiger partial charge on any atom is 0.110 e. The molecule has 2 aliphatic rings. The van der Waals surface area contributed by atoms with Gasteiger partial charge in [0.05, 0.1) is 15.5 Å². The molecule has 2 aliphatic heterocycles. The first kappa shape index (κ1) is 23.7. The van der Waals surface area contributed by atoms with Crippen molar-refractivity contribution < 1.29 is 0 Å². The molecular formula is C22H38S4Si2. The summed E-state index contributed by atoms with van der Waals surface area (Å²) in [5.41, 5.74) is 0. The molecule has 0 amide bonds. The Bertz CT molecular complexity index is 615. The molecule has 2 heterocycles. The van der Waals surface area contributed by atoms with E-state index in [2.05, 4.69) is 110 Å². The van der Waals surface area contributed by atoms with Crippen LogP contribution in [0.4, 0.5) is 0 Å². The number of hydrogen-bond donors (Lipinski definition) is 0. The van der Waals surface area contributed by atoms with Gasteiger partial charge in [-0.05, 0) is 55.1 Å². The van der Waals surface area contributed by atoms with E-state index in [0.717, 1.165) is 0 Å². The van der Waals surface area contributed by atoms with Crippen LogP contribution in [0.25, 0.3) is 0 Å². The molecule has 1 aromatic rings. The molecule has 6 heteroatoms. The molecule has 0 aromatic heterocycles. The van der Waals surface area contributed by atoms with Gasteiger partial charge in [0.25, 0.3) is 0 Å². The lowest BCUT2D eigenvalue weighted by Crippen LogP contribution is -2.59. The Labute approximate surface area is 193 Å². The second kappa shape index (κ2) is 9.68. The fraction of sp³-hybridized carbons (Fsp3) is 0.727. The molecule has 158 valence electrons. The number of hydrogen-bond acceptors (Lipinski definition) is 4. The largest absolute Gasteiger partial charge is 0.148 e. The molecule has 0 radical (unpaired) electrons. The van der Waals surface area contributed by atoms with Crippen molar-refractivity contribution in [3.8, 4) is 0 Å². The highest BCUT2D eigenvalue weighted by Crippen LogP contribution is 2.55. The smallest absolute Gasteiger partial charge is 0.110 e. The molecule has 0 saturated carbocycles. The van der Waals surface area contributed by atoms with Crippen LogP contribution in [0.1, 0.15) is 32.1 Å². The normalized spacial score (nSPS) is 22.8. The molecule has 0 unspecified atom stereocenters. The van der Waals surface area contributed by atoms with Crippen LogP contribution in [0.2, 0.25) is 32.7 Å². The van der Waals surface area contributed by atoms with Crippen LogP contribution in [0.5, 0.6) is 0 Å². The lowest BCUT2D eigenvalue weighted by molar-refractivity contribution is 0.695. The molecule has 0 N–H and O–H groups in total. The van der Waals surface area contributed by atoms with E-state index in [4.69, 9.17) is 0 Å². The molecule has 3 rings (SSSR count). The van der Waals surface area contributed by atoms with Crippen molar-refractivity contribution in [2.45, 2.75) is 72.2 Å². The predicted octanol–water partition coefficient (Wildman–Crippen LogP) is 7.32. The molecule has 0 aliphatic carbocycles. The van der Waals surface area contributed by atoms with Crippen LogP contribution < -0.4 is 5.19 Å². The second-order valence-corrected chi connectivity index (χ2v) is 27.3. The van der Waals surface area contributed by atoms with Gasteiger partial charge in [0.1, 0.15) is 8.07 Å². The summed E-state index contributed by atoms with van der Waals surface area (Å²) >= 11 is 9.31. The minimum atomic E-state index is -1.56. The minimum Gasteiger partial charge on any atom is -0.148 e. The van der Waals surface area contributed by atoms with Crippen molar-refractivity contribution in [1.29, 1.82) is 0 Å². The van der Waals surface area contributed by atoms with Crippen molar-refractivity contribution in [3.05, 3.63) is 30.3 Å². The third-order valence-corrected chi connectivity index (χ3v) is 27.5. The second-order valence-electron chi connectivity index (χ2n) is 9.70. The quantitative estimate of drug-likeness (QED) is 0.370. The molecule has 0 nitrogen and oxygen atoms in total. The van der Waals surface area contributed by atoms with Gasteiger partial charge in [-0.2, -0.15) is 0 Å². The summed E-state index contributed by atoms with van der Waals surface area (Å²) in [6.45, 7) is 13.1. The zero-order chi connectivity index (χ0) is 20.3. The zero-order valence-electron chi connectivity index (χ0n) is 18.4. The Hall–Kier alpha value is 1.05. The lowest BCUT2D eigenvalue weighted by atomic mass is 10.3. The highest BCUT2D eigenvalue weighted by Gasteiger charge is 2.51. The Balaban J connectivity index is 1.78. The van der Waals surface area contributed by atoms with E-state index in [1.54, 1.807) is 5.19 Å². The number of benzene rings is 1. The van der Waals surface area contributed by atoms with Crippen molar-refractivity contribution >= 4 is 68.4 Å². The van der Waals surface area contributed by atoms with Crippen LogP contribution in [0.3, 0.4) is 0 Å². The molecular weight excluding hydrogens is 449 g/mol. The van der Waals surface area contributed by atoms with Crippen LogP contribution in [0, 0.1) is 0 Å². The fourth-order valence-corrected chi connectivity index (χ4v) is 21.7. The number of thioether (sulfide) groups is 4. The summed E-state index contributed by atoms with van der Waals surface area (Å²) in [7, 11) is -2.77. The molecule has 0 bridgehead atoms. The van der Waals surface area contributed by atoms with Crippen LogP contribution in [0.15, 0.2) is 30.3 Å². The highest BCUT2D eigenvalue weighted by atomic mass is 32.2. The molecule has 0 atom stereocenters. The van der Waals surface area contributed by atoms with E-state index in [1.165, 1.54) is 55.1 Å². The summed E-state index contributed by atoms with van der Waals surface area (Å²) in [5, 5.41) is 1.65. The van der Waals surface area contributed by atoms with Crippen molar-refractivity contribution in [2.24, 2.45) is 0 Å². The van der Waals surface area contributed by atoms with Crippen LogP contribution in [-0.2, 0) is 0 Å². The monoisotopic (exact) mass is 486 g/mol. The first-order chi connectivity index (χ1) is 13.2. The maximum absolute atomic E-state index is 2.64. The number of rotatable bonds is 7. The zero-order valence-corrected chi connectivity index (χ0v) is 23.6.